The lowest BCUT2D eigenvalue weighted by atomic mass is 10.3. The number of hydrogen-bond donors (Lipinski definition) is 0. The van der Waals surface area contributed by atoms with E-state index in [1.165, 1.54) is 0 Å². The summed E-state index contributed by atoms with van der Waals surface area (Å²) in [6.45, 7) is 0. The predicted molar refractivity (Wildman–Crippen MR) is 47.3 cm³/mol. The van der Waals surface area contributed by atoms with Gasteiger partial charge in [-0.15, -0.1) is 0 Å². The van der Waals surface area contributed by atoms with Crippen molar-refractivity contribution in [3.63, 3.8) is 0 Å². The molecule has 0 aliphatic carbocycles. The van der Waals surface area contributed by atoms with E-state index in [9.17, 15) is 4.79 Å². The SMILES string of the molecule is O=Cc1ccc(-c2ccccn2)o1. The number of hydrogen-bond acceptors (Lipinski definition) is 3. The Balaban J connectivity index is 2.41. The molecule has 0 atom stereocenters. The fraction of sp³-hybridized carbons (Fsp3) is 0. The van der Waals surface area contributed by atoms with Gasteiger partial charge in [0.15, 0.2) is 17.8 Å². The smallest absolute Gasteiger partial charge is 0.185 e. The van der Waals surface area contributed by atoms with E-state index < -0.39 is 0 Å². The molecule has 3 nitrogen and oxygen atoms in total. The third-order valence-corrected chi connectivity index (χ3v) is 1.66. The lowest BCUT2D eigenvalue weighted by molar-refractivity contribution is 0.110. The van der Waals surface area contributed by atoms with Gasteiger partial charge >= 0.3 is 0 Å². The van der Waals surface area contributed by atoms with Gasteiger partial charge in [-0.3, -0.25) is 9.78 Å². The second-order valence-corrected chi connectivity index (χ2v) is 2.53. The Kier molecular flexibility index (Phi) is 1.92. The average molecular weight is 173 g/mol. The molecule has 0 aliphatic heterocycles. The van der Waals surface area contributed by atoms with Crippen LogP contribution in [-0.4, -0.2) is 11.3 Å². The zero-order valence-electron chi connectivity index (χ0n) is 6.81. The van der Waals surface area contributed by atoms with Crippen LogP contribution in [0.1, 0.15) is 10.6 Å². The summed E-state index contributed by atoms with van der Waals surface area (Å²) in [4.78, 5) is 14.4. The molecule has 0 aliphatic rings. The van der Waals surface area contributed by atoms with Gasteiger partial charge in [-0.2, -0.15) is 0 Å². The van der Waals surface area contributed by atoms with Crippen molar-refractivity contribution < 1.29 is 9.21 Å². The zero-order valence-corrected chi connectivity index (χ0v) is 6.81. The summed E-state index contributed by atoms with van der Waals surface area (Å²) in [6.07, 6.45) is 2.35. The van der Waals surface area contributed by atoms with Gasteiger partial charge in [-0.05, 0) is 24.3 Å². The van der Waals surface area contributed by atoms with Crippen molar-refractivity contribution in [3.05, 3.63) is 42.3 Å². The first kappa shape index (κ1) is 7.73. The molecule has 0 radical (unpaired) electrons. The minimum Gasteiger partial charge on any atom is -0.452 e. The maximum atomic E-state index is 10.3. The summed E-state index contributed by atoms with van der Waals surface area (Å²) in [5, 5.41) is 0. The van der Waals surface area contributed by atoms with Gasteiger partial charge in [-0.25, -0.2) is 0 Å². The van der Waals surface area contributed by atoms with E-state index in [0.29, 0.717) is 17.8 Å². The third kappa shape index (κ3) is 1.49. The first-order chi connectivity index (χ1) is 6.40. The van der Waals surface area contributed by atoms with Gasteiger partial charge in [0.05, 0.1) is 0 Å². The van der Waals surface area contributed by atoms with Gasteiger partial charge in [-0.1, -0.05) is 6.07 Å². The number of rotatable bonds is 2. The summed E-state index contributed by atoms with van der Waals surface area (Å²) in [7, 11) is 0. The van der Waals surface area contributed by atoms with Crippen molar-refractivity contribution in [2.45, 2.75) is 0 Å². The molecule has 13 heavy (non-hydrogen) atoms. The Morgan fingerprint density at radius 2 is 2.15 bits per heavy atom. The number of pyridine rings is 1. The maximum Gasteiger partial charge on any atom is 0.185 e. The van der Waals surface area contributed by atoms with E-state index in [1.807, 2.05) is 18.2 Å². The van der Waals surface area contributed by atoms with Crippen molar-refractivity contribution in [2.24, 2.45) is 0 Å². The second-order valence-electron chi connectivity index (χ2n) is 2.53. The van der Waals surface area contributed by atoms with E-state index in [2.05, 4.69) is 4.98 Å². The van der Waals surface area contributed by atoms with Crippen LogP contribution in [0, 0.1) is 0 Å². The lowest BCUT2D eigenvalue weighted by Crippen LogP contribution is -1.77. The van der Waals surface area contributed by atoms with Crippen molar-refractivity contribution in [2.75, 3.05) is 0 Å². The molecule has 0 bridgehead atoms. The molecule has 0 saturated carbocycles. The fourth-order valence-electron chi connectivity index (χ4n) is 1.06. The molecule has 0 amide bonds. The quantitative estimate of drug-likeness (QED) is 0.653. The topological polar surface area (TPSA) is 43.1 Å². The van der Waals surface area contributed by atoms with Crippen LogP contribution in [0.4, 0.5) is 0 Å². The molecule has 2 heterocycles. The molecule has 3 heteroatoms. The monoisotopic (exact) mass is 173 g/mol. The second kappa shape index (κ2) is 3.23. The molecule has 2 aromatic rings. The highest BCUT2D eigenvalue weighted by Gasteiger charge is 2.03. The van der Waals surface area contributed by atoms with Crippen LogP contribution < -0.4 is 0 Å². The number of nitrogens with zero attached hydrogens (tertiary/aromatic N) is 1. The molecule has 2 aromatic heterocycles. The number of furan rings is 1. The minimum absolute atomic E-state index is 0.320. The van der Waals surface area contributed by atoms with Crippen LogP contribution in [0.25, 0.3) is 11.5 Å². The van der Waals surface area contributed by atoms with Crippen molar-refractivity contribution in [3.8, 4) is 11.5 Å². The van der Waals surface area contributed by atoms with E-state index >= 15 is 0 Å². The van der Waals surface area contributed by atoms with E-state index in [1.54, 1.807) is 18.3 Å². The van der Waals surface area contributed by atoms with Crippen LogP contribution in [-0.2, 0) is 0 Å². The number of aromatic nitrogens is 1. The van der Waals surface area contributed by atoms with Gasteiger partial charge in [0.1, 0.15) is 5.69 Å². The molecule has 0 saturated heterocycles. The van der Waals surface area contributed by atoms with E-state index in [4.69, 9.17) is 4.42 Å². The predicted octanol–water partition coefficient (Wildman–Crippen LogP) is 2.15. The van der Waals surface area contributed by atoms with E-state index in [0.717, 1.165) is 5.69 Å². The maximum absolute atomic E-state index is 10.3. The molecular weight excluding hydrogens is 166 g/mol. The highest BCUT2D eigenvalue weighted by atomic mass is 16.3. The molecule has 0 fully saturated rings. The summed E-state index contributed by atoms with van der Waals surface area (Å²) >= 11 is 0. The summed E-state index contributed by atoms with van der Waals surface area (Å²) in [6, 6.07) is 8.87. The van der Waals surface area contributed by atoms with Gasteiger partial charge in [0, 0.05) is 6.20 Å². The molecule has 2 rings (SSSR count). The van der Waals surface area contributed by atoms with Crippen LogP contribution in [0.5, 0.6) is 0 Å². The van der Waals surface area contributed by atoms with Crippen LogP contribution >= 0.6 is 0 Å². The summed E-state index contributed by atoms with van der Waals surface area (Å²) < 4.78 is 5.19. The standard InChI is InChI=1S/C10H7NO2/c12-7-8-4-5-10(13-8)9-3-1-2-6-11-9/h1-7H. The van der Waals surface area contributed by atoms with Crippen molar-refractivity contribution >= 4 is 6.29 Å². The average Bonchev–Trinajstić information content (AvgIpc) is 2.67. The third-order valence-electron chi connectivity index (χ3n) is 1.66. The minimum atomic E-state index is 0.320. The first-order valence-electron chi connectivity index (χ1n) is 3.86. The lowest BCUT2D eigenvalue weighted by Gasteiger charge is -1.92. The van der Waals surface area contributed by atoms with Gasteiger partial charge < -0.3 is 4.42 Å². The van der Waals surface area contributed by atoms with Crippen LogP contribution in [0.3, 0.4) is 0 Å². The Bertz CT molecular complexity index is 406. The Morgan fingerprint density at radius 3 is 2.77 bits per heavy atom. The fourth-order valence-corrected chi connectivity index (χ4v) is 1.06. The van der Waals surface area contributed by atoms with Crippen molar-refractivity contribution in [1.29, 1.82) is 0 Å². The normalized spacial score (nSPS) is 9.85. The van der Waals surface area contributed by atoms with Crippen LogP contribution in [0.2, 0.25) is 0 Å². The largest absolute Gasteiger partial charge is 0.452 e. The first-order valence-corrected chi connectivity index (χ1v) is 3.86. The number of carbonyl (C=O) groups excluding carboxylic acids is 1. The molecular formula is C10H7NO2. The summed E-state index contributed by atoms with van der Waals surface area (Å²) in [5.41, 5.74) is 0.732. The van der Waals surface area contributed by atoms with Gasteiger partial charge in [0.25, 0.3) is 0 Å². The molecule has 0 unspecified atom stereocenters. The summed E-state index contributed by atoms with van der Waals surface area (Å²) in [5.74, 6) is 0.934. The highest BCUT2D eigenvalue weighted by molar-refractivity contribution is 5.72. The molecule has 0 N–H and O–H groups in total. The molecule has 0 aromatic carbocycles. The Morgan fingerprint density at radius 1 is 1.23 bits per heavy atom. The number of carbonyl (C=O) groups is 1. The van der Waals surface area contributed by atoms with Crippen LogP contribution in [0.15, 0.2) is 40.9 Å². The molecule has 64 valence electrons. The highest BCUT2D eigenvalue weighted by Crippen LogP contribution is 2.18. The van der Waals surface area contributed by atoms with Gasteiger partial charge in [0.2, 0.25) is 0 Å². The molecule has 0 spiro atoms. The van der Waals surface area contributed by atoms with E-state index in [-0.39, 0.29) is 0 Å². The number of aldehydes is 1. The Labute approximate surface area is 75.0 Å². The van der Waals surface area contributed by atoms with Crippen molar-refractivity contribution in [1.82, 2.24) is 4.98 Å². The zero-order chi connectivity index (χ0) is 9.10. The Hall–Kier alpha value is -1.90.